The lowest BCUT2D eigenvalue weighted by Crippen LogP contribution is -2.54. The number of amides is 3. The van der Waals surface area contributed by atoms with Gasteiger partial charge in [-0.15, -0.1) is 0 Å². The van der Waals surface area contributed by atoms with Gasteiger partial charge in [0.05, 0.1) is 0 Å². The summed E-state index contributed by atoms with van der Waals surface area (Å²) < 4.78 is 13.2. The zero-order chi connectivity index (χ0) is 28.8. The number of hydrogen-bond acceptors (Lipinski definition) is 4. The monoisotopic (exact) mass is 556 g/mol. The highest BCUT2D eigenvalue weighted by molar-refractivity contribution is 5.98. The second kappa shape index (κ2) is 13.1. The van der Waals surface area contributed by atoms with Crippen molar-refractivity contribution in [3.8, 4) is 11.1 Å². The van der Waals surface area contributed by atoms with Crippen LogP contribution in [0.4, 0.5) is 4.39 Å². The van der Waals surface area contributed by atoms with Crippen LogP contribution in [0.1, 0.15) is 47.5 Å². The molecule has 1 aliphatic heterocycles. The Morgan fingerprint density at radius 1 is 0.878 bits per heavy atom. The molecule has 7 nitrogen and oxygen atoms in total. The number of piperazine rings is 1. The second-order valence-electron chi connectivity index (χ2n) is 11.1. The molecular weight excluding hydrogens is 519 g/mol. The molecule has 41 heavy (non-hydrogen) atoms. The summed E-state index contributed by atoms with van der Waals surface area (Å²) >= 11 is 0. The van der Waals surface area contributed by atoms with Gasteiger partial charge in [-0.05, 0) is 67.3 Å². The lowest BCUT2D eigenvalue weighted by Gasteiger charge is -2.34. The SMILES string of the molecule is CN1CCN(C(=O)[C@H](CCCC(=O)N[C@H]2C[C@@H]2c2ccc(F)cc2)NC(=O)c2ccc(-c3ccccc3)cc2)CC1. The van der Waals surface area contributed by atoms with Crippen molar-refractivity contribution >= 4 is 17.7 Å². The highest BCUT2D eigenvalue weighted by Crippen LogP contribution is 2.40. The zero-order valence-electron chi connectivity index (χ0n) is 23.4. The van der Waals surface area contributed by atoms with Gasteiger partial charge in [-0.25, -0.2) is 4.39 Å². The van der Waals surface area contributed by atoms with E-state index in [0.29, 0.717) is 31.5 Å². The van der Waals surface area contributed by atoms with Crippen molar-refractivity contribution in [3.63, 3.8) is 0 Å². The predicted molar refractivity (Wildman–Crippen MR) is 157 cm³/mol. The largest absolute Gasteiger partial charge is 0.353 e. The van der Waals surface area contributed by atoms with Crippen LogP contribution in [-0.2, 0) is 9.59 Å². The lowest BCUT2D eigenvalue weighted by molar-refractivity contribution is -0.135. The Labute approximate surface area is 240 Å². The fraction of sp³-hybridized carbons (Fsp3) is 0.364. The van der Waals surface area contributed by atoms with Crippen molar-refractivity contribution < 1.29 is 18.8 Å². The van der Waals surface area contributed by atoms with E-state index in [1.807, 2.05) is 49.5 Å². The Morgan fingerprint density at radius 3 is 2.22 bits per heavy atom. The van der Waals surface area contributed by atoms with Crippen molar-refractivity contribution in [1.29, 1.82) is 0 Å². The van der Waals surface area contributed by atoms with Crippen LogP contribution in [0, 0.1) is 5.82 Å². The van der Waals surface area contributed by atoms with E-state index < -0.39 is 6.04 Å². The second-order valence-corrected chi connectivity index (χ2v) is 11.1. The molecule has 0 aromatic heterocycles. The summed E-state index contributed by atoms with van der Waals surface area (Å²) in [5, 5.41) is 6.01. The number of carbonyl (C=O) groups is 3. The molecule has 0 bridgehead atoms. The van der Waals surface area contributed by atoms with Crippen LogP contribution in [0.15, 0.2) is 78.9 Å². The molecule has 214 valence electrons. The molecule has 2 N–H and O–H groups in total. The van der Waals surface area contributed by atoms with Crippen LogP contribution < -0.4 is 10.6 Å². The third-order valence-electron chi connectivity index (χ3n) is 8.00. The highest BCUT2D eigenvalue weighted by atomic mass is 19.1. The quantitative estimate of drug-likeness (QED) is 0.392. The van der Waals surface area contributed by atoms with Gasteiger partial charge in [0.2, 0.25) is 11.8 Å². The number of nitrogens with zero attached hydrogens (tertiary/aromatic N) is 2. The van der Waals surface area contributed by atoms with Gasteiger partial charge in [0.15, 0.2) is 0 Å². The van der Waals surface area contributed by atoms with E-state index >= 15 is 0 Å². The molecule has 8 heteroatoms. The first-order valence-corrected chi connectivity index (χ1v) is 14.4. The van der Waals surface area contributed by atoms with Crippen LogP contribution in [0.5, 0.6) is 0 Å². The molecular formula is C33H37FN4O3. The molecule has 2 fully saturated rings. The summed E-state index contributed by atoms with van der Waals surface area (Å²) in [6.45, 7) is 2.79. The Kier molecular flexibility index (Phi) is 9.09. The molecule has 3 atom stereocenters. The molecule has 3 aromatic rings. The number of halogens is 1. The van der Waals surface area contributed by atoms with Gasteiger partial charge in [-0.3, -0.25) is 14.4 Å². The highest BCUT2D eigenvalue weighted by Gasteiger charge is 2.39. The van der Waals surface area contributed by atoms with Crippen LogP contribution in [0.2, 0.25) is 0 Å². The molecule has 1 heterocycles. The van der Waals surface area contributed by atoms with Crippen molar-refractivity contribution in [3.05, 3.63) is 95.8 Å². The van der Waals surface area contributed by atoms with Crippen molar-refractivity contribution in [2.75, 3.05) is 33.2 Å². The standard InChI is InChI=1S/C33H37FN4O3/c1-37-18-20-38(21-19-37)33(41)29(36-32(40)26-12-10-24(11-13-26)23-6-3-2-4-7-23)8-5-9-31(39)35-30-22-28(30)25-14-16-27(34)17-15-25/h2-4,6-7,10-17,28-30H,5,8-9,18-22H2,1H3,(H,35,39)(H,36,40)/t28-,29+,30+/m1/s1. The van der Waals surface area contributed by atoms with Crippen molar-refractivity contribution in [2.45, 2.75) is 43.7 Å². The molecule has 3 amide bonds. The van der Waals surface area contributed by atoms with E-state index in [1.54, 1.807) is 29.2 Å². The average molecular weight is 557 g/mol. The number of rotatable bonds is 10. The Hall–Kier alpha value is -4.04. The topological polar surface area (TPSA) is 81.8 Å². The Morgan fingerprint density at radius 2 is 1.54 bits per heavy atom. The van der Waals surface area contributed by atoms with E-state index in [9.17, 15) is 18.8 Å². The van der Waals surface area contributed by atoms with Gasteiger partial charge >= 0.3 is 0 Å². The Bertz CT molecular complexity index is 1340. The van der Waals surface area contributed by atoms with Gasteiger partial charge in [-0.2, -0.15) is 0 Å². The summed E-state index contributed by atoms with van der Waals surface area (Å²) in [5.74, 6) is -0.549. The van der Waals surface area contributed by atoms with Gasteiger partial charge in [-0.1, -0.05) is 54.6 Å². The minimum absolute atomic E-state index is 0.0503. The van der Waals surface area contributed by atoms with Crippen molar-refractivity contribution in [2.24, 2.45) is 0 Å². The summed E-state index contributed by atoms with van der Waals surface area (Å²) in [6.07, 6.45) is 1.94. The first kappa shape index (κ1) is 28.5. The van der Waals surface area contributed by atoms with Gasteiger partial charge < -0.3 is 20.4 Å². The fourth-order valence-electron chi connectivity index (χ4n) is 5.37. The number of benzene rings is 3. The van der Waals surface area contributed by atoms with E-state index in [4.69, 9.17) is 0 Å². The smallest absolute Gasteiger partial charge is 0.251 e. The first-order valence-electron chi connectivity index (χ1n) is 14.4. The van der Waals surface area contributed by atoms with Gasteiger partial charge in [0.25, 0.3) is 5.91 Å². The van der Waals surface area contributed by atoms with E-state index in [0.717, 1.165) is 36.2 Å². The number of nitrogens with one attached hydrogen (secondary N) is 2. The van der Waals surface area contributed by atoms with E-state index in [-0.39, 0.29) is 41.9 Å². The minimum Gasteiger partial charge on any atom is -0.353 e. The maximum Gasteiger partial charge on any atom is 0.251 e. The molecule has 0 spiro atoms. The molecule has 5 rings (SSSR count). The van der Waals surface area contributed by atoms with Crippen molar-refractivity contribution in [1.82, 2.24) is 20.4 Å². The number of carbonyl (C=O) groups excluding carboxylic acids is 3. The molecule has 1 saturated carbocycles. The summed E-state index contributed by atoms with van der Waals surface area (Å²) in [6, 6.07) is 23.0. The zero-order valence-corrected chi connectivity index (χ0v) is 23.4. The fourth-order valence-corrected chi connectivity index (χ4v) is 5.37. The average Bonchev–Trinajstić information content (AvgIpc) is 3.76. The Balaban J connectivity index is 1.16. The lowest BCUT2D eigenvalue weighted by atomic mass is 10.0. The number of likely N-dealkylation sites (N-methyl/N-ethyl adjacent to an activating group) is 1. The summed E-state index contributed by atoms with van der Waals surface area (Å²) in [4.78, 5) is 43.3. The van der Waals surface area contributed by atoms with Crippen LogP contribution in [-0.4, -0.2) is 72.8 Å². The molecule has 0 radical (unpaired) electrons. The maximum atomic E-state index is 13.5. The normalized spacial score (nSPS) is 19.3. The maximum absolute atomic E-state index is 13.5. The molecule has 3 aromatic carbocycles. The van der Waals surface area contributed by atoms with Gasteiger partial charge in [0.1, 0.15) is 11.9 Å². The minimum atomic E-state index is -0.708. The third kappa shape index (κ3) is 7.58. The first-order chi connectivity index (χ1) is 19.9. The van der Waals surface area contributed by atoms with Crippen LogP contribution in [0.25, 0.3) is 11.1 Å². The van der Waals surface area contributed by atoms with E-state index in [2.05, 4.69) is 15.5 Å². The molecule has 2 aliphatic rings. The summed E-state index contributed by atoms with van der Waals surface area (Å²) in [7, 11) is 2.03. The third-order valence-corrected chi connectivity index (χ3v) is 8.00. The van der Waals surface area contributed by atoms with Crippen LogP contribution in [0.3, 0.4) is 0 Å². The van der Waals surface area contributed by atoms with Crippen LogP contribution >= 0.6 is 0 Å². The predicted octanol–water partition coefficient (Wildman–Crippen LogP) is 4.21. The van der Waals surface area contributed by atoms with E-state index in [1.165, 1.54) is 12.1 Å². The number of hydrogen-bond donors (Lipinski definition) is 2. The van der Waals surface area contributed by atoms with Gasteiger partial charge in [0, 0.05) is 50.1 Å². The molecule has 1 saturated heterocycles. The molecule has 0 unspecified atom stereocenters. The molecule has 1 aliphatic carbocycles. The summed E-state index contributed by atoms with van der Waals surface area (Å²) in [5.41, 5.74) is 3.58.